The number of anilines is 1. The second-order valence-corrected chi connectivity index (χ2v) is 10.2. The van der Waals surface area contributed by atoms with Crippen molar-refractivity contribution in [3.05, 3.63) is 105 Å². The summed E-state index contributed by atoms with van der Waals surface area (Å²) in [6.45, 7) is 2.32. The average molecular weight is 559 g/mol. The number of carbonyl (C=O) groups is 3. The van der Waals surface area contributed by atoms with Crippen LogP contribution in [-0.2, 0) is 16.2 Å². The SMILES string of the molecule is O=C(CN1C(=O)S/C(=C/c2cccc(OCc3ccc([N+](=O)[O-])cc3)c2)C1=O)N1CCN(c2ccccc2)CC1. The first-order valence-corrected chi connectivity index (χ1v) is 13.5. The number of nitro groups is 1. The van der Waals surface area contributed by atoms with Gasteiger partial charge in [0.25, 0.3) is 16.8 Å². The number of amides is 3. The van der Waals surface area contributed by atoms with Crippen molar-refractivity contribution in [3.63, 3.8) is 0 Å². The van der Waals surface area contributed by atoms with Gasteiger partial charge in [-0.05, 0) is 65.4 Å². The van der Waals surface area contributed by atoms with Crippen LogP contribution in [0.3, 0.4) is 0 Å². The van der Waals surface area contributed by atoms with E-state index in [4.69, 9.17) is 4.74 Å². The number of carbonyl (C=O) groups excluding carboxylic acids is 3. The van der Waals surface area contributed by atoms with Crippen LogP contribution >= 0.6 is 11.8 Å². The number of rotatable bonds is 8. The van der Waals surface area contributed by atoms with E-state index in [0.717, 1.165) is 27.9 Å². The topological polar surface area (TPSA) is 113 Å². The van der Waals surface area contributed by atoms with Crippen LogP contribution < -0.4 is 9.64 Å². The number of thioether (sulfide) groups is 1. The largest absolute Gasteiger partial charge is 0.489 e. The van der Waals surface area contributed by atoms with Crippen molar-refractivity contribution >= 4 is 46.3 Å². The molecule has 3 amide bonds. The molecular weight excluding hydrogens is 532 g/mol. The number of piperazine rings is 1. The van der Waals surface area contributed by atoms with Crippen LogP contribution in [0, 0.1) is 10.1 Å². The number of nitro benzene ring substituents is 1. The molecule has 40 heavy (non-hydrogen) atoms. The van der Waals surface area contributed by atoms with Crippen molar-refractivity contribution in [2.75, 3.05) is 37.6 Å². The molecule has 0 bridgehead atoms. The van der Waals surface area contributed by atoms with E-state index in [1.54, 1.807) is 47.4 Å². The molecular formula is C29H26N4O6S. The number of imide groups is 1. The molecule has 0 N–H and O–H groups in total. The Kier molecular flexibility index (Phi) is 8.11. The van der Waals surface area contributed by atoms with Crippen LogP contribution in [0.1, 0.15) is 11.1 Å². The minimum atomic E-state index is -0.497. The Balaban J connectivity index is 1.17. The third-order valence-electron chi connectivity index (χ3n) is 6.63. The van der Waals surface area contributed by atoms with Gasteiger partial charge in [-0.15, -0.1) is 0 Å². The first-order chi connectivity index (χ1) is 19.4. The van der Waals surface area contributed by atoms with Crippen molar-refractivity contribution in [2.45, 2.75) is 6.61 Å². The van der Waals surface area contributed by atoms with Gasteiger partial charge in [0.05, 0.1) is 9.83 Å². The zero-order valence-electron chi connectivity index (χ0n) is 21.5. The molecule has 2 aliphatic rings. The maximum Gasteiger partial charge on any atom is 0.294 e. The second kappa shape index (κ2) is 12.0. The molecule has 2 aliphatic heterocycles. The van der Waals surface area contributed by atoms with E-state index in [0.29, 0.717) is 37.5 Å². The normalized spacial score (nSPS) is 16.5. The molecule has 2 fully saturated rings. The highest BCUT2D eigenvalue weighted by Gasteiger charge is 2.37. The van der Waals surface area contributed by atoms with E-state index >= 15 is 0 Å². The first kappa shape index (κ1) is 26.9. The van der Waals surface area contributed by atoms with Gasteiger partial charge in [-0.1, -0.05) is 30.3 Å². The predicted octanol–water partition coefficient (Wildman–Crippen LogP) is 4.56. The lowest BCUT2D eigenvalue weighted by Gasteiger charge is -2.36. The number of nitrogens with zero attached hydrogens (tertiary/aromatic N) is 4. The molecule has 0 atom stereocenters. The van der Waals surface area contributed by atoms with Crippen LogP contribution in [0.25, 0.3) is 6.08 Å². The number of para-hydroxylation sites is 1. The summed E-state index contributed by atoms with van der Waals surface area (Å²) in [4.78, 5) is 54.0. The van der Waals surface area contributed by atoms with Gasteiger partial charge in [0.15, 0.2) is 0 Å². The molecule has 0 aliphatic carbocycles. The molecule has 2 saturated heterocycles. The number of hydrogen-bond donors (Lipinski definition) is 0. The quantitative estimate of drug-likeness (QED) is 0.225. The third kappa shape index (κ3) is 6.32. The molecule has 0 spiro atoms. The summed E-state index contributed by atoms with van der Waals surface area (Å²) >= 11 is 0.806. The zero-order valence-corrected chi connectivity index (χ0v) is 22.3. The van der Waals surface area contributed by atoms with Gasteiger partial charge in [-0.3, -0.25) is 29.4 Å². The van der Waals surface area contributed by atoms with Gasteiger partial charge < -0.3 is 14.5 Å². The molecule has 0 aromatic heterocycles. The van der Waals surface area contributed by atoms with Crippen LogP contribution in [0.4, 0.5) is 16.2 Å². The lowest BCUT2D eigenvalue weighted by Crippen LogP contribution is -2.51. The minimum absolute atomic E-state index is 0.00651. The van der Waals surface area contributed by atoms with E-state index in [-0.39, 0.29) is 29.7 Å². The van der Waals surface area contributed by atoms with Gasteiger partial charge in [0, 0.05) is 44.0 Å². The first-order valence-electron chi connectivity index (χ1n) is 12.7. The van der Waals surface area contributed by atoms with Crippen LogP contribution in [-0.4, -0.2) is 64.5 Å². The molecule has 10 nitrogen and oxygen atoms in total. The molecule has 11 heteroatoms. The van der Waals surface area contributed by atoms with Gasteiger partial charge in [-0.2, -0.15) is 0 Å². The van der Waals surface area contributed by atoms with Gasteiger partial charge >= 0.3 is 0 Å². The van der Waals surface area contributed by atoms with Crippen molar-refractivity contribution in [1.82, 2.24) is 9.80 Å². The Labute approximate surface area is 235 Å². The molecule has 3 aromatic rings. The van der Waals surface area contributed by atoms with E-state index in [1.807, 2.05) is 30.3 Å². The maximum absolute atomic E-state index is 13.0. The Bertz CT molecular complexity index is 1450. The van der Waals surface area contributed by atoms with Crippen molar-refractivity contribution in [3.8, 4) is 5.75 Å². The summed E-state index contributed by atoms with van der Waals surface area (Å²) in [6, 6.07) is 23.1. The highest BCUT2D eigenvalue weighted by atomic mass is 32.2. The fraction of sp³-hybridized carbons (Fsp3) is 0.207. The van der Waals surface area contributed by atoms with Gasteiger partial charge in [0.1, 0.15) is 18.9 Å². The molecule has 2 heterocycles. The van der Waals surface area contributed by atoms with E-state index in [9.17, 15) is 24.5 Å². The standard InChI is InChI=1S/C29H26N4O6S/c34-27(31-15-13-30(14-16-31)23-6-2-1-3-7-23)19-32-28(35)26(40-29(32)36)18-22-5-4-8-25(17-22)39-20-21-9-11-24(12-10-21)33(37)38/h1-12,17-18H,13-16,19-20H2/b26-18+. The smallest absolute Gasteiger partial charge is 0.294 e. The number of benzene rings is 3. The highest BCUT2D eigenvalue weighted by molar-refractivity contribution is 8.18. The van der Waals surface area contributed by atoms with Crippen molar-refractivity contribution in [2.24, 2.45) is 0 Å². The fourth-order valence-electron chi connectivity index (χ4n) is 4.45. The average Bonchev–Trinajstić information content (AvgIpc) is 3.24. The molecule has 204 valence electrons. The van der Waals surface area contributed by atoms with E-state index in [1.165, 1.54) is 12.1 Å². The van der Waals surface area contributed by atoms with Crippen molar-refractivity contribution < 1.29 is 24.0 Å². The molecule has 3 aromatic carbocycles. The van der Waals surface area contributed by atoms with Gasteiger partial charge in [-0.25, -0.2) is 0 Å². The van der Waals surface area contributed by atoms with Crippen molar-refractivity contribution in [1.29, 1.82) is 0 Å². The van der Waals surface area contributed by atoms with Gasteiger partial charge in [0.2, 0.25) is 5.91 Å². The Hall–Kier alpha value is -4.64. The summed E-state index contributed by atoms with van der Waals surface area (Å²) in [5.74, 6) is -0.211. The molecule has 0 unspecified atom stereocenters. The van der Waals surface area contributed by atoms with Crippen LogP contribution in [0.2, 0.25) is 0 Å². The van der Waals surface area contributed by atoms with Crippen LogP contribution in [0.5, 0.6) is 5.75 Å². The fourth-order valence-corrected chi connectivity index (χ4v) is 5.29. The Morgan fingerprint density at radius 2 is 1.68 bits per heavy atom. The van der Waals surface area contributed by atoms with Crippen LogP contribution in [0.15, 0.2) is 83.8 Å². The van der Waals surface area contributed by atoms with E-state index in [2.05, 4.69) is 4.90 Å². The maximum atomic E-state index is 13.0. The lowest BCUT2D eigenvalue weighted by atomic mass is 10.2. The molecule has 0 saturated carbocycles. The number of ether oxygens (including phenoxy) is 1. The Morgan fingerprint density at radius 1 is 0.950 bits per heavy atom. The molecule has 5 rings (SSSR count). The minimum Gasteiger partial charge on any atom is -0.489 e. The predicted molar refractivity (Wildman–Crippen MR) is 152 cm³/mol. The summed E-state index contributed by atoms with van der Waals surface area (Å²) in [5, 5.41) is 10.3. The summed E-state index contributed by atoms with van der Waals surface area (Å²) < 4.78 is 5.80. The summed E-state index contributed by atoms with van der Waals surface area (Å²) in [5.41, 5.74) is 2.54. The van der Waals surface area contributed by atoms with E-state index < -0.39 is 16.1 Å². The second-order valence-electron chi connectivity index (χ2n) is 9.26. The monoisotopic (exact) mass is 558 g/mol. The highest BCUT2D eigenvalue weighted by Crippen LogP contribution is 2.33. The summed E-state index contributed by atoms with van der Waals surface area (Å²) in [7, 11) is 0. The Morgan fingerprint density at radius 3 is 2.38 bits per heavy atom. The molecule has 0 radical (unpaired) electrons. The number of non-ortho nitro benzene ring substituents is 1. The zero-order chi connectivity index (χ0) is 28.1. The number of hydrogen-bond acceptors (Lipinski definition) is 8. The third-order valence-corrected chi connectivity index (χ3v) is 7.54. The lowest BCUT2D eigenvalue weighted by molar-refractivity contribution is -0.384. The summed E-state index contributed by atoms with van der Waals surface area (Å²) in [6.07, 6.45) is 1.60.